The van der Waals surface area contributed by atoms with E-state index in [2.05, 4.69) is 18.7 Å². The minimum Gasteiger partial charge on any atom is -0.489 e. The van der Waals surface area contributed by atoms with Gasteiger partial charge < -0.3 is 53.6 Å². The highest BCUT2D eigenvalue weighted by Gasteiger charge is 2.56. The predicted octanol–water partition coefficient (Wildman–Crippen LogP) is 3.67. The number of carbonyl (C=O) groups is 1. The van der Waals surface area contributed by atoms with E-state index < -0.39 is 95.8 Å². The molecule has 0 aromatic carbocycles. The Kier molecular flexibility index (Phi) is 13.6. The van der Waals surface area contributed by atoms with Gasteiger partial charge in [0.1, 0.15) is 41.4 Å². The van der Waals surface area contributed by atoms with E-state index >= 15 is 0 Å². The van der Waals surface area contributed by atoms with Crippen LogP contribution in [0.4, 0.5) is 0 Å². The van der Waals surface area contributed by atoms with E-state index in [1.807, 2.05) is 34.7 Å². The van der Waals surface area contributed by atoms with Crippen molar-refractivity contribution < 1.29 is 58.4 Å². The average Bonchev–Trinajstić information content (AvgIpc) is 3.40. The lowest BCUT2D eigenvalue weighted by Gasteiger charge is -2.49. The maximum atomic E-state index is 14.2. The van der Waals surface area contributed by atoms with Crippen LogP contribution >= 0.6 is 0 Å². The first-order chi connectivity index (χ1) is 24.0. The first-order valence-corrected chi connectivity index (χ1v) is 19.3. The van der Waals surface area contributed by atoms with E-state index in [-0.39, 0.29) is 31.0 Å². The van der Waals surface area contributed by atoms with E-state index in [0.29, 0.717) is 18.6 Å². The Morgan fingerprint density at radius 1 is 0.981 bits per heavy atom. The summed E-state index contributed by atoms with van der Waals surface area (Å²) in [6.45, 7) is 22.2. The van der Waals surface area contributed by atoms with E-state index in [1.54, 1.807) is 34.6 Å². The molecule has 0 saturated carbocycles. The van der Waals surface area contributed by atoms with Crippen molar-refractivity contribution >= 4 is 5.97 Å². The monoisotopic (exact) mass is 743 g/mol. The summed E-state index contributed by atoms with van der Waals surface area (Å²) >= 11 is 0. The van der Waals surface area contributed by atoms with Gasteiger partial charge >= 0.3 is 5.97 Å². The molecule has 4 aliphatic rings. The number of rotatable bonds is 8. The van der Waals surface area contributed by atoms with Crippen LogP contribution in [0, 0.1) is 17.8 Å². The fourth-order valence-corrected chi connectivity index (χ4v) is 9.00. The van der Waals surface area contributed by atoms with Crippen LogP contribution in [0.5, 0.6) is 0 Å². The minimum absolute atomic E-state index is 0.163. The lowest BCUT2D eigenvalue weighted by atomic mass is 9.78. The molecule has 2 unspecified atom stereocenters. The van der Waals surface area contributed by atoms with Crippen molar-refractivity contribution in [3.05, 3.63) is 11.3 Å². The lowest BCUT2D eigenvalue weighted by molar-refractivity contribution is -0.317. The number of esters is 1. The molecule has 13 nitrogen and oxygen atoms in total. The number of methoxy groups -OCH3 is 1. The molecule has 2 bridgehead atoms. The minimum atomic E-state index is -1.82. The molecule has 4 aliphatic heterocycles. The third-order valence-electron chi connectivity index (χ3n) is 12.6. The highest BCUT2D eigenvalue weighted by Crippen LogP contribution is 2.47. The summed E-state index contributed by atoms with van der Waals surface area (Å²) in [5.41, 5.74) is -3.01. The largest absolute Gasteiger partial charge is 0.489 e. The number of fused-ring (bicyclic) bond motifs is 2. The topological polar surface area (TPSA) is 166 Å². The molecule has 4 N–H and O–H groups in total. The van der Waals surface area contributed by atoms with Crippen LogP contribution in [0.1, 0.15) is 109 Å². The average molecular weight is 744 g/mol. The summed E-state index contributed by atoms with van der Waals surface area (Å²) in [5.74, 6) is -2.33. The number of carbonyl (C=O) groups excluding carboxylic acids is 1. The van der Waals surface area contributed by atoms with Gasteiger partial charge in [-0.25, -0.2) is 0 Å². The summed E-state index contributed by atoms with van der Waals surface area (Å²) in [6.07, 6.45) is -7.45. The van der Waals surface area contributed by atoms with Gasteiger partial charge in [-0.1, -0.05) is 20.8 Å². The number of aliphatic hydroxyl groups excluding tert-OH is 3. The lowest BCUT2D eigenvalue weighted by Crippen LogP contribution is -2.61. The molecule has 13 heteroatoms. The predicted molar refractivity (Wildman–Crippen MR) is 193 cm³/mol. The zero-order valence-electron chi connectivity index (χ0n) is 34.0. The molecule has 0 amide bonds. The van der Waals surface area contributed by atoms with E-state index in [1.165, 1.54) is 14.0 Å². The number of hydrogen-bond donors (Lipinski definition) is 4. The van der Waals surface area contributed by atoms with Gasteiger partial charge in [0, 0.05) is 43.9 Å². The Morgan fingerprint density at radius 2 is 1.62 bits per heavy atom. The zero-order valence-corrected chi connectivity index (χ0v) is 34.0. The van der Waals surface area contributed by atoms with Crippen molar-refractivity contribution in [3.63, 3.8) is 0 Å². The second-order valence-corrected chi connectivity index (χ2v) is 17.1. The molecule has 0 aromatic heterocycles. The Hall–Kier alpha value is -1.39. The molecule has 0 aliphatic carbocycles. The van der Waals surface area contributed by atoms with Crippen LogP contribution in [0.2, 0.25) is 0 Å². The smallest absolute Gasteiger partial charge is 0.311 e. The molecule has 17 atom stereocenters. The van der Waals surface area contributed by atoms with Gasteiger partial charge in [-0.2, -0.15) is 0 Å². The second-order valence-electron chi connectivity index (χ2n) is 17.1. The van der Waals surface area contributed by atoms with E-state index in [4.69, 9.17) is 33.2 Å². The third-order valence-corrected chi connectivity index (χ3v) is 12.6. The van der Waals surface area contributed by atoms with Gasteiger partial charge in [-0.15, -0.1) is 0 Å². The van der Waals surface area contributed by atoms with Crippen molar-refractivity contribution in [2.45, 2.75) is 199 Å². The molecule has 0 spiro atoms. The molecule has 302 valence electrons. The van der Waals surface area contributed by atoms with Crippen molar-refractivity contribution in [3.8, 4) is 0 Å². The molecule has 3 saturated heterocycles. The van der Waals surface area contributed by atoms with Gasteiger partial charge in [0.15, 0.2) is 12.6 Å². The summed E-state index contributed by atoms with van der Waals surface area (Å²) in [4.78, 5) is 16.3. The summed E-state index contributed by atoms with van der Waals surface area (Å²) in [5, 5.41) is 46.2. The van der Waals surface area contributed by atoms with Gasteiger partial charge in [0.2, 0.25) is 0 Å². The first kappa shape index (κ1) is 43.3. The Morgan fingerprint density at radius 3 is 2.19 bits per heavy atom. The maximum absolute atomic E-state index is 14.2. The third kappa shape index (κ3) is 8.39. The summed E-state index contributed by atoms with van der Waals surface area (Å²) in [7, 11) is 3.51. The van der Waals surface area contributed by atoms with Gasteiger partial charge in [-0.3, -0.25) is 9.69 Å². The van der Waals surface area contributed by atoms with Crippen LogP contribution in [-0.4, -0.2) is 136 Å². The molecule has 0 aromatic rings. The van der Waals surface area contributed by atoms with Crippen molar-refractivity contribution in [1.29, 1.82) is 0 Å². The standard InChI is InChI=1S/C39H69NO12/c1-15-27-39(12,45)32(42)22(6)30-20(4)17-38(11,52-30)34(51-36-29(41)26(16-21(5)47-36)40(13)19(2)3)23(7)31(24(8)35(44)49-27)50-28-18-37(10,46-14)33(43)25(9)48-28/h19,21-29,31-34,36,41-43,45H,15-18H2,1-14H3/t21-,22+,23+,24-,25+,26+,27-,28?,29-,31+,32-,33+,34-,36?,37-,38-,39-/m1/s1. The normalized spacial score (nSPS) is 48.2. The second kappa shape index (κ2) is 16.4. The number of likely N-dealkylation sites (N-methyl/N-ethyl adjacent to an activating group) is 1. The van der Waals surface area contributed by atoms with Crippen molar-refractivity contribution in [2.24, 2.45) is 17.8 Å². The molecule has 0 radical (unpaired) electrons. The van der Waals surface area contributed by atoms with Gasteiger partial charge in [-0.05, 0) is 87.8 Å². The Bertz CT molecular complexity index is 1260. The maximum Gasteiger partial charge on any atom is 0.311 e. The molecule has 4 heterocycles. The van der Waals surface area contributed by atoms with Crippen LogP contribution in [0.15, 0.2) is 11.3 Å². The number of nitrogens with zero attached hydrogens (tertiary/aromatic N) is 1. The van der Waals surface area contributed by atoms with Crippen LogP contribution in [0.3, 0.4) is 0 Å². The SMILES string of the molecule is CC[C@H]1OC(=O)[C@H](C)[C@@H](OC2C[C@@](C)(OC)[C@@H](O)[C@H](C)O2)[C@H](C)[C@@H](OC2O[C@H](C)C[C@H](N(C)C(C)C)[C@H]2O)[C@@]2(C)CC(C)=C(O2)[C@H](C)[C@@H](O)[C@]1(C)O. The van der Waals surface area contributed by atoms with Crippen molar-refractivity contribution in [2.75, 3.05) is 14.2 Å². The van der Waals surface area contributed by atoms with Crippen LogP contribution in [0.25, 0.3) is 0 Å². The number of aliphatic hydroxyl groups is 4. The molecule has 3 fully saturated rings. The molecular weight excluding hydrogens is 674 g/mol. The summed E-state index contributed by atoms with van der Waals surface area (Å²) < 4.78 is 44.9. The fraction of sp³-hybridized carbons (Fsp3) is 0.923. The van der Waals surface area contributed by atoms with Crippen LogP contribution < -0.4 is 0 Å². The zero-order chi connectivity index (χ0) is 39.2. The quantitative estimate of drug-likeness (QED) is 0.267. The van der Waals surface area contributed by atoms with E-state index in [0.717, 1.165) is 5.57 Å². The summed E-state index contributed by atoms with van der Waals surface area (Å²) in [6, 6.07) is -0.0815. The number of cyclic esters (lactones) is 1. The molecule has 4 rings (SSSR count). The Labute approximate surface area is 311 Å². The number of hydrogen-bond acceptors (Lipinski definition) is 13. The highest BCUT2D eigenvalue weighted by atomic mass is 16.7. The fourth-order valence-electron chi connectivity index (χ4n) is 9.00. The highest BCUT2D eigenvalue weighted by molar-refractivity contribution is 5.73. The van der Waals surface area contributed by atoms with E-state index in [9.17, 15) is 25.2 Å². The van der Waals surface area contributed by atoms with Crippen molar-refractivity contribution in [1.82, 2.24) is 4.90 Å². The molecule has 52 heavy (non-hydrogen) atoms. The van der Waals surface area contributed by atoms with Crippen LogP contribution in [-0.2, 0) is 38.0 Å². The Balaban J connectivity index is 1.84. The first-order valence-electron chi connectivity index (χ1n) is 19.3. The van der Waals surface area contributed by atoms with Gasteiger partial charge in [0.25, 0.3) is 0 Å². The number of ether oxygens (including phenoxy) is 7. The molecular formula is C39H69NO12. The van der Waals surface area contributed by atoms with Gasteiger partial charge in [0.05, 0.1) is 35.9 Å².